The number of anilines is 1. The molecule has 3 rings (SSSR count). The first kappa shape index (κ1) is 18.9. The van der Waals surface area contributed by atoms with Crippen molar-refractivity contribution in [2.45, 2.75) is 44.1 Å². The third-order valence-electron chi connectivity index (χ3n) is 5.12. The van der Waals surface area contributed by atoms with E-state index in [0.717, 1.165) is 24.2 Å². The Morgan fingerprint density at radius 3 is 2.59 bits per heavy atom. The van der Waals surface area contributed by atoms with Gasteiger partial charge in [-0.3, -0.25) is 14.5 Å². The molecule has 144 valence electrons. The van der Waals surface area contributed by atoms with E-state index in [-0.39, 0.29) is 24.4 Å². The molecule has 0 aromatic heterocycles. The van der Waals surface area contributed by atoms with Crippen LogP contribution in [0.5, 0.6) is 0 Å². The van der Waals surface area contributed by atoms with Gasteiger partial charge in [-0.15, -0.1) is 0 Å². The molecule has 27 heavy (non-hydrogen) atoms. The van der Waals surface area contributed by atoms with Crippen LogP contribution in [0.15, 0.2) is 24.3 Å². The second-order valence-corrected chi connectivity index (χ2v) is 6.87. The summed E-state index contributed by atoms with van der Waals surface area (Å²) in [5.41, 5.74) is -0.219. The molecule has 1 aromatic carbocycles. The molecule has 8 nitrogen and oxygen atoms in total. The average Bonchev–Trinajstić information content (AvgIpc) is 2.90. The summed E-state index contributed by atoms with van der Waals surface area (Å²) >= 11 is 0. The van der Waals surface area contributed by atoms with Crippen LogP contribution < -0.4 is 10.6 Å². The second kappa shape index (κ2) is 7.77. The fourth-order valence-corrected chi connectivity index (χ4v) is 3.68. The van der Waals surface area contributed by atoms with Crippen LogP contribution in [-0.4, -0.2) is 47.9 Å². The summed E-state index contributed by atoms with van der Waals surface area (Å²) in [5.74, 6) is -1.19. The summed E-state index contributed by atoms with van der Waals surface area (Å²) < 4.78 is 4.70. The molecule has 8 heteroatoms. The number of amides is 4. The van der Waals surface area contributed by atoms with Crippen molar-refractivity contribution < 1.29 is 23.9 Å². The summed E-state index contributed by atoms with van der Waals surface area (Å²) in [6, 6.07) is 6.05. The number of benzene rings is 1. The topological polar surface area (TPSA) is 105 Å². The van der Waals surface area contributed by atoms with Crippen molar-refractivity contribution in [3.05, 3.63) is 29.8 Å². The first-order valence-electron chi connectivity index (χ1n) is 9.08. The number of nitrogens with zero attached hydrogens (tertiary/aromatic N) is 1. The maximum Gasteiger partial charge on any atom is 0.339 e. The summed E-state index contributed by atoms with van der Waals surface area (Å²) in [5, 5.41) is 5.46. The predicted octanol–water partition coefficient (Wildman–Crippen LogP) is 2.06. The SMILES string of the molecule is COC(=O)c1ccccc1NC(=O)CCN1C(=O)NC2(CCCCC2)C1=O. The molecule has 1 saturated carbocycles. The van der Waals surface area contributed by atoms with Crippen LogP contribution in [0.25, 0.3) is 0 Å². The molecule has 1 spiro atoms. The molecular weight excluding hydrogens is 350 g/mol. The van der Waals surface area contributed by atoms with E-state index < -0.39 is 23.4 Å². The number of nitrogens with one attached hydrogen (secondary N) is 2. The minimum absolute atomic E-state index is 0.00135. The molecule has 0 atom stereocenters. The Morgan fingerprint density at radius 1 is 1.19 bits per heavy atom. The lowest BCUT2D eigenvalue weighted by Crippen LogP contribution is -2.48. The fraction of sp³-hybridized carbons (Fsp3) is 0.474. The van der Waals surface area contributed by atoms with Crippen LogP contribution in [-0.2, 0) is 14.3 Å². The van der Waals surface area contributed by atoms with Crippen molar-refractivity contribution in [3.8, 4) is 0 Å². The van der Waals surface area contributed by atoms with Gasteiger partial charge in [-0.2, -0.15) is 0 Å². The van der Waals surface area contributed by atoms with E-state index in [4.69, 9.17) is 4.74 Å². The van der Waals surface area contributed by atoms with Crippen molar-refractivity contribution in [1.29, 1.82) is 0 Å². The quantitative estimate of drug-likeness (QED) is 0.607. The van der Waals surface area contributed by atoms with Gasteiger partial charge in [0, 0.05) is 13.0 Å². The average molecular weight is 373 g/mol. The van der Waals surface area contributed by atoms with E-state index in [1.165, 1.54) is 7.11 Å². The van der Waals surface area contributed by atoms with Gasteiger partial charge >= 0.3 is 12.0 Å². The van der Waals surface area contributed by atoms with Crippen LogP contribution in [0.1, 0.15) is 48.9 Å². The Balaban J connectivity index is 1.61. The number of hydrogen-bond acceptors (Lipinski definition) is 5. The first-order chi connectivity index (χ1) is 13.0. The molecule has 0 unspecified atom stereocenters. The van der Waals surface area contributed by atoms with Crippen molar-refractivity contribution in [2.75, 3.05) is 19.0 Å². The van der Waals surface area contributed by atoms with Gasteiger partial charge in [0.2, 0.25) is 5.91 Å². The van der Waals surface area contributed by atoms with Crippen LogP contribution in [0, 0.1) is 0 Å². The smallest absolute Gasteiger partial charge is 0.339 e. The minimum Gasteiger partial charge on any atom is -0.465 e. The lowest BCUT2D eigenvalue weighted by molar-refractivity contribution is -0.132. The first-order valence-corrected chi connectivity index (χ1v) is 9.08. The highest BCUT2D eigenvalue weighted by Crippen LogP contribution is 2.33. The third-order valence-corrected chi connectivity index (χ3v) is 5.12. The summed E-state index contributed by atoms with van der Waals surface area (Å²) in [4.78, 5) is 50.1. The second-order valence-electron chi connectivity index (χ2n) is 6.87. The van der Waals surface area contributed by atoms with Gasteiger partial charge in [0.15, 0.2) is 0 Å². The molecule has 0 bridgehead atoms. The predicted molar refractivity (Wildman–Crippen MR) is 97.1 cm³/mol. The van der Waals surface area contributed by atoms with E-state index in [9.17, 15) is 19.2 Å². The lowest BCUT2D eigenvalue weighted by Gasteiger charge is -2.30. The molecular formula is C19H23N3O5. The molecule has 1 aliphatic carbocycles. The van der Waals surface area contributed by atoms with Crippen LogP contribution in [0.2, 0.25) is 0 Å². The van der Waals surface area contributed by atoms with Gasteiger partial charge in [0.05, 0.1) is 18.4 Å². The molecule has 2 N–H and O–H groups in total. The van der Waals surface area contributed by atoms with Gasteiger partial charge in [0.25, 0.3) is 5.91 Å². The number of methoxy groups -OCH3 is 1. The van der Waals surface area contributed by atoms with Crippen molar-refractivity contribution in [3.63, 3.8) is 0 Å². The van der Waals surface area contributed by atoms with E-state index in [1.54, 1.807) is 24.3 Å². The number of hydrogen-bond donors (Lipinski definition) is 2. The Bertz CT molecular complexity index is 770. The summed E-state index contributed by atoms with van der Waals surface area (Å²) in [6.45, 7) is -0.00135. The number of carbonyl (C=O) groups is 4. The van der Waals surface area contributed by atoms with E-state index in [1.807, 2.05) is 0 Å². The molecule has 2 fully saturated rings. The molecule has 0 radical (unpaired) electrons. The highest BCUT2D eigenvalue weighted by Gasteiger charge is 2.51. The molecule has 1 aliphatic heterocycles. The zero-order valence-corrected chi connectivity index (χ0v) is 15.2. The van der Waals surface area contributed by atoms with Gasteiger partial charge in [-0.1, -0.05) is 31.4 Å². The number of rotatable bonds is 5. The Hall–Kier alpha value is -2.90. The van der Waals surface area contributed by atoms with Gasteiger partial charge < -0.3 is 15.4 Å². The Morgan fingerprint density at radius 2 is 1.89 bits per heavy atom. The van der Waals surface area contributed by atoms with Crippen LogP contribution in [0.4, 0.5) is 10.5 Å². The number of esters is 1. The van der Waals surface area contributed by atoms with Crippen LogP contribution in [0.3, 0.4) is 0 Å². The molecule has 4 amide bonds. The zero-order chi connectivity index (χ0) is 19.4. The van der Waals surface area contributed by atoms with Crippen molar-refractivity contribution in [2.24, 2.45) is 0 Å². The lowest BCUT2D eigenvalue weighted by atomic mass is 9.82. The van der Waals surface area contributed by atoms with Gasteiger partial charge in [-0.05, 0) is 25.0 Å². The molecule has 1 heterocycles. The monoisotopic (exact) mass is 373 g/mol. The number of imide groups is 1. The molecule has 2 aliphatic rings. The van der Waals surface area contributed by atoms with Crippen LogP contribution >= 0.6 is 0 Å². The van der Waals surface area contributed by atoms with E-state index >= 15 is 0 Å². The molecule has 1 aromatic rings. The third kappa shape index (κ3) is 3.79. The standard InChI is InChI=1S/C19H23N3O5/c1-27-16(24)13-7-3-4-8-14(13)20-15(23)9-12-22-17(25)19(21-18(22)26)10-5-2-6-11-19/h3-4,7-8H,2,5-6,9-12H2,1H3,(H,20,23)(H,21,26). The number of ether oxygens (including phenoxy) is 1. The number of para-hydroxylation sites is 1. The zero-order valence-electron chi connectivity index (χ0n) is 15.2. The summed E-state index contributed by atoms with van der Waals surface area (Å²) in [6.07, 6.45) is 4.12. The summed E-state index contributed by atoms with van der Waals surface area (Å²) in [7, 11) is 1.26. The number of carbonyl (C=O) groups excluding carboxylic acids is 4. The van der Waals surface area contributed by atoms with Gasteiger partial charge in [0.1, 0.15) is 5.54 Å². The van der Waals surface area contributed by atoms with Gasteiger partial charge in [-0.25, -0.2) is 9.59 Å². The largest absolute Gasteiger partial charge is 0.465 e. The maximum absolute atomic E-state index is 12.7. The maximum atomic E-state index is 12.7. The van der Waals surface area contributed by atoms with E-state index in [2.05, 4.69) is 10.6 Å². The Kier molecular flexibility index (Phi) is 5.43. The van der Waals surface area contributed by atoms with Crippen molar-refractivity contribution in [1.82, 2.24) is 10.2 Å². The van der Waals surface area contributed by atoms with E-state index in [0.29, 0.717) is 18.5 Å². The highest BCUT2D eigenvalue weighted by molar-refractivity contribution is 6.07. The molecule has 1 saturated heterocycles. The Labute approximate surface area is 157 Å². The number of urea groups is 1. The normalized spacial score (nSPS) is 18.3. The van der Waals surface area contributed by atoms with Crippen molar-refractivity contribution >= 4 is 29.5 Å². The highest BCUT2D eigenvalue weighted by atomic mass is 16.5. The minimum atomic E-state index is -0.788. The fourth-order valence-electron chi connectivity index (χ4n) is 3.68.